The molecule has 2 aromatic rings. The SMILES string of the molecule is CCOC(=O)c1sc(NC(=O)COc2ccc(C(C)C)c(C)c2)nc1C. The topological polar surface area (TPSA) is 77.5 Å². The quantitative estimate of drug-likeness (QED) is 0.737. The molecule has 1 N–H and O–H groups in total. The van der Waals surface area contributed by atoms with Gasteiger partial charge in [-0.2, -0.15) is 0 Å². The van der Waals surface area contributed by atoms with Crippen LogP contribution in [-0.4, -0.2) is 30.1 Å². The number of carbonyl (C=O) groups excluding carboxylic acids is 2. The zero-order valence-corrected chi connectivity index (χ0v) is 16.5. The highest BCUT2D eigenvalue weighted by Gasteiger charge is 2.17. The van der Waals surface area contributed by atoms with Crippen LogP contribution < -0.4 is 10.1 Å². The van der Waals surface area contributed by atoms with Crippen LogP contribution >= 0.6 is 11.3 Å². The minimum absolute atomic E-state index is 0.131. The normalized spacial score (nSPS) is 10.7. The number of hydrogen-bond acceptors (Lipinski definition) is 6. The molecular weight excluding hydrogens is 352 g/mol. The first-order valence-corrected chi connectivity index (χ1v) is 9.31. The van der Waals surface area contributed by atoms with E-state index in [4.69, 9.17) is 9.47 Å². The molecule has 0 aliphatic rings. The lowest BCUT2D eigenvalue weighted by Gasteiger charge is -2.12. The average Bonchev–Trinajstić information content (AvgIpc) is 2.93. The lowest BCUT2D eigenvalue weighted by molar-refractivity contribution is -0.118. The molecule has 0 bridgehead atoms. The highest BCUT2D eigenvalue weighted by atomic mass is 32.1. The molecule has 0 saturated carbocycles. The summed E-state index contributed by atoms with van der Waals surface area (Å²) in [4.78, 5) is 28.4. The Hall–Kier alpha value is -2.41. The van der Waals surface area contributed by atoms with Crippen LogP contribution in [0.3, 0.4) is 0 Å². The van der Waals surface area contributed by atoms with E-state index in [9.17, 15) is 9.59 Å². The molecule has 1 amide bonds. The van der Waals surface area contributed by atoms with Crippen LogP contribution in [-0.2, 0) is 9.53 Å². The minimum atomic E-state index is -0.431. The Morgan fingerprint density at radius 2 is 2.00 bits per heavy atom. The molecule has 0 fully saturated rings. The molecule has 1 heterocycles. The van der Waals surface area contributed by atoms with E-state index in [1.165, 1.54) is 5.56 Å². The van der Waals surface area contributed by atoms with E-state index in [0.29, 0.717) is 34.0 Å². The van der Waals surface area contributed by atoms with Crippen molar-refractivity contribution in [3.8, 4) is 5.75 Å². The van der Waals surface area contributed by atoms with Crippen molar-refractivity contribution in [3.05, 3.63) is 39.9 Å². The standard InChI is InChI=1S/C19H24N2O4S/c1-6-24-18(23)17-13(5)20-19(26-17)21-16(22)10-25-14-7-8-15(11(2)3)12(4)9-14/h7-9,11H,6,10H2,1-5H3,(H,20,21,22). The summed E-state index contributed by atoms with van der Waals surface area (Å²) in [6.07, 6.45) is 0. The molecule has 0 radical (unpaired) electrons. The summed E-state index contributed by atoms with van der Waals surface area (Å²) in [7, 11) is 0. The van der Waals surface area contributed by atoms with Gasteiger partial charge in [-0.25, -0.2) is 9.78 Å². The number of amides is 1. The highest BCUT2D eigenvalue weighted by molar-refractivity contribution is 7.17. The summed E-state index contributed by atoms with van der Waals surface area (Å²) >= 11 is 1.09. The van der Waals surface area contributed by atoms with Gasteiger partial charge < -0.3 is 9.47 Å². The van der Waals surface area contributed by atoms with Crippen molar-refractivity contribution < 1.29 is 19.1 Å². The number of carbonyl (C=O) groups is 2. The fraction of sp³-hybridized carbons (Fsp3) is 0.421. The first-order valence-electron chi connectivity index (χ1n) is 8.49. The monoisotopic (exact) mass is 376 g/mol. The highest BCUT2D eigenvalue weighted by Crippen LogP contribution is 2.25. The summed E-state index contributed by atoms with van der Waals surface area (Å²) in [5, 5.41) is 3.00. The number of aryl methyl sites for hydroxylation is 2. The number of nitrogens with one attached hydrogen (secondary N) is 1. The summed E-state index contributed by atoms with van der Waals surface area (Å²) < 4.78 is 10.5. The van der Waals surface area contributed by atoms with Crippen LogP contribution in [0.15, 0.2) is 18.2 Å². The summed E-state index contributed by atoms with van der Waals surface area (Å²) in [6.45, 7) is 9.90. The molecule has 0 aliphatic heterocycles. The number of hydrogen-bond donors (Lipinski definition) is 1. The number of ether oxygens (including phenoxy) is 2. The predicted octanol–water partition coefficient (Wildman–Crippen LogP) is 4.08. The van der Waals surface area contributed by atoms with Gasteiger partial charge in [0.25, 0.3) is 5.91 Å². The van der Waals surface area contributed by atoms with Crippen molar-refractivity contribution in [3.63, 3.8) is 0 Å². The van der Waals surface area contributed by atoms with Crippen LogP contribution in [0, 0.1) is 13.8 Å². The first kappa shape index (κ1) is 19.9. The second kappa shape index (κ2) is 8.80. The maximum atomic E-state index is 12.1. The molecule has 6 nitrogen and oxygen atoms in total. The van der Waals surface area contributed by atoms with Crippen LogP contribution in [0.4, 0.5) is 5.13 Å². The second-order valence-corrected chi connectivity index (χ2v) is 7.16. The number of esters is 1. The molecule has 0 spiro atoms. The van der Waals surface area contributed by atoms with Crippen molar-refractivity contribution in [1.82, 2.24) is 4.98 Å². The molecule has 0 saturated heterocycles. The molecule has 1 aromatic heterocycles. The van der Waals surface area contributed by atoms with Gasteiger partial charge in [0.15, 0.2) is 11.7 Å². The molecule has 26 heavy (non-hydrogen) atoms. The molecule has 0 atom stereocenters. The Bertz CT molecular complexity index is 799. The lowest BCUT2D eigenvalue weighted by atomic mass is 9.98. The smallest absolute Gasteiger partial charge is 0.350 e. The maximum Gasteiger partial charge on any atom is 0.350 e. The third-order valence-electron chi connectivity index (χ3n) is 3.74. The number of nitrogens with zero attached hydrogens (tertiary/aromatic N) is 1. The Morgan fingerprint density at radius 1 is 1.27 bits per heavy atom. The van der Waals surface area contributed by atoms with Crippen molar-refractivity contribution in [2.75, 3.05) is 18.5 Å². The molecule has 2 rings (SSSR count). The van der Waals surface area contributed by atoms with E-state index >= 15 is 0 Å². The van der Waals surface area contributed by atoms with E-state index in [2.05, 4.69) is 24.1 Å². The van der Waals surface area contributed by atoms with Gasteiger partial charge in [0, 0.05) is 0 Å². The van der Waals surface area contributed by atoms with Crippen LogP contribution in [0.25, 0.3) is 0 Å². The molecular formula is C19H24N2O4S. The minimum Gasteiger partial charge on any atom is -0.484 e. The van der Waals surface area contributed by atoms with E-state index in [-0.39, 0.29) is 12.5 Å². The Morgan fingerprint density at radius 3 is 2.62 bits per heavy atom. The van der Waals surface area contributed by atoms with Crippen molar-refractivity contribution in [1.29, 1.82) is 0 Å². The number of aromatic nitrogens is 1. The summed E-state index contributed by atoms with van der Waals surface area (Å²) in [5.41, 5.74) is 2.92. The van der Waals surface area contributed by atoms with Gasteiger partial charge in [-0.15, -0.1) is 0 Å². The number of thiazole rings is 1. The molecule has 7 heteroatoms. The lowest BCUT2D eigenvalue weighted by Crippen LogP contribution is -2.20. The van der Waals surface area contributed by atoms with Crippen molar-refractivity contribution >= 4 is 28.3 Å². The fourth-order valence-corrected chi connectivity index (χ4v) is 3.40. The number of rotatable bonds is 7. The Balaban J connectivity index is 1.94. The van der Waals surface area contributed by atoms with Gasteiger partial charge in [0.05, 0.1) is 12.3 Å². The first-order chi connectivity index (χ1) is 12.3. The zero-order chi connectivity index (χ0) is 19.3. The van der Waals surface area contributed by atoms with E-state index in [0.717, 1.165) is 16.9 Å². The Labute approximate surface area is 157 Å². The van der Waals surface area contributed by atoms with Crippen LogP contribution in [0.1, 0.15) is 53.2 Å². The van der Waals surface area contributed by atoms with E-state index < -0.39 is 5.97 Å². The molecule has 0 unspecified atom stereocenters. The molecule has 140 valence electrons. The van der Waals surface area contributed by atoms with Crippen LogP contribution in [0.5, 0.6) is 5.75 Å². The van der Waals surface area contributed by atoms with Crippen LogP contribution in [0.2, 0.25) is 0 Å². The van der Waals surface area contributed by atoms with Gasteiger partial charge in [-0.05, 0) is 49.9 Å². The van der Waals surface area contributed by atoms with Gasteiger partial charge in [-0.1, -0.05) is 31.3 Å². The van der Waals surface area contributed by atoms with Gasteiger partial charge in [-0.3, -0.25) is 10.1 Å². The zero-order valence-electron chi connectivity index (χ0n) is 15.7. The average molecular weight is 376 g/mol. The van der Waals surface area contributed by atoms with Crippen molar-refractivity contribution in [2.45, 2.75) is 40.5 Å². The van der Waals surface area contributed by atoms with Gasteiger partial charge in [0.1, 0.15) is 10.6 Å². The second-order valence-electron chi connectivity index (χ2n) is 6.16. The molecule has 0 aliphatic carbocycles. The summed E-state index contributed by atoms with van der Waals surface area (Å²) in [5.74, 6) is 0.318. The largest absolute Gasteiger partial charge is 0.484 e. The van der Waals surface area contributed by atoms with Crippen molar-refractivity contribution in [2.24, 2.45) is 0 Å². The summed E-state index contributed by atoms with van der Waals surface area (Å²) in [6, 6.07) is 5.81. The maximum absolute atomic E-state index is 12.1. The number of anilines is 1. The third kappa shape index (κ3) is 5.05. The number of benzene rings is 1. The fourth-order valence-electron chi connectivity index (χ4n) is 2.53. The third-order valence-corrected chi connectivity index (χ3v) is 4.79. The van der Waals surface area contributed by atoms with Gasteiger partial charge in [0.2, 0.25) is 0 Å². The molecule has 1 aromatic carbocycles. The van der Waals surface area contributed by atoms with E-state index in [1.54, 1.807) is 13.8 Å². The predicted molar refractivity (Wildman–Crippen MR) is 102 cm³/mol. The van der Waals surface area contributed by atoms with E-state index in [1.807, 2.05) is 25.1 Å². The van der Waals surface area contributed by atoms with Gasteiger partial charge >= 0.3 is 5.97 Å². The Kier molecular flexibility index (Phi) is 6.74.